The number of anilines is 1. The van der Waals surface area contributed by atoms with E-state index in [2.05, 4.69) is 13.0 Å². The molecule has 1 amide bonds. The van der Waals surface area contributed by atoms with Gasteiger partial charge in [-0.05, 0) is 56.7 Å². The van der Waals surface area contributed by atoms with Crippen LogP contribution in [0.15, 0.2) is 54.6 Å². The first kappa shape index (κ1) is 14.5. The molecule has 3 heteroatoms. The summed E-state index contributed by atoms with van der Waals surface area (Å²) in [6.45, 7) is 6.07. The Labute approximate surface area is 129 Å². The van der Waals surface area contributed by atoms with Crippen molar-refractivity contribution in [1.29, 1.82) is 0 Å². The van der Waals surface area contributed by atoms with Crippen LogP contribution < -0.4 is 4.90 Å². The van der Waals surface area contributed by atoms with E-state index in [1.165, 1.54) is 24.3 Å². The normalized spacial score (nSPS) is 16.0. The van der Waals surface area contributed by atoms with Gasteiger partial charge in [-0.15, -0.1) is 0 Å². The molecule has 0 fully saturated rings. The molecule has 0 bridgehead atoms. The second-order valence-corrected chi connectivity index (χ2v) is 6.15. The standard InChI is InChI=1S/C19H18FNO/c1-13-12-19(2,3)21(17-7-5-4-6-16(13)17)18(22)14-8-10-15(20)11-9-14/h4-12H,1-3H3. The molecule has 2 aromatic rings. The number of para-hydroxylation sites is 1. The number of benzene rings is 2. The summed E-state index contributed by atoms with van der Waals surface area (Å²) in [6, 6.07) is 13.6. The molecule has 1 aliphatic rings. The molecule has 0 radical (unpaired) electrons. The van der Waals surface area contributed by atoms with E-state index in [-0.39, 0.29) is 11.7 Å². The molecule has 112 valence electrons. The van der Waals surface area contributed by atoms with Gasteiger partial charge in [-0.2, -0.15) is 0 Å². The van der Waals surface area contributed by atoms with Crippen molar-refractivity contribution in [1.82, 2.24) is 0 Å². The summed E-state index contributed by atoms with van der Waals surface area (Å²) in [7, 11) is 0. The number of halogens is 1. The molecule has 0 aromatic heterocycles. The van der Waals surface area contributed by atoms with Gasteiger partial charge in [-0.25, -0.2) is 4.39 Å². The molecule has 3 rings (SSSR count). The van der Waals surface area contributed by atoms with Gasteiger partial charge in [0.1, 0.15) is 5.82 Å². The maximum absolute atomic E-state index is 13.1. The average molecular weight is 295 g/mol. The molecule has 0 atom stereocenters. The first-order valence-corrected chi connectivity index (χ1v) is 7.29. The third-order valence-corrected chi connectivity index (χ3v) is 4.01. The zero-order valence-electron chi connectivity index (χ0n) is 12.9. The number of carbonyl (C=O) groups is 1. The predicted octanol–water partition coefficient (Wildman–Crippen LogP) is 4.67. The van der Waals surface area contributed by atoms with Crippen molar-refractivity contribution in [2.45, 2.75) is 26.3 Å². The summed E-state index contributed by atoms with van der Waals surface area (Å²) in [4.78, 5) is 14.8. The first-order chi connectivity index (χ1) is 10.4. The number of fused-ring (bicyclic) bond motifs is 1. The molecule has 2 nitrogen and oxygen atoms in total. The zero-order valence-corrected chi connectivity index (χ0v) is 12.9. The lowest BCUT2D eigenvalue weighted by molar-refractivity contribution is 0.0970. The van der Waals surface area contributed by atoms with Crippen molar-refractivity contribution in [2.24, 2.45) is 0 Å². The predicted molar refractivity (Wildman–Crippen MR) is 87.4 cm³/mol. The Morgan fingerprint density at radius 2 is 1.68 bits per heavy atom. The topological polar surface area (TPSA) is 20.3 Å². The number of nitrogens with zero attached hydrogens (tertiary/aromatic N) is 1. The molecule has 2 aromatic carbocycles. The van der Waals surface area contributed by atoms with Crippen LogP contribution >= 0.6 is 0 Å². The van der Waals surface area contributed by atoms with Gasteiger partial charge in [0.25, 0.3) is 5.91 Å². The number of rotatable bonds is 1. The van der Waals surface area contributed by atoms with Crippen LogP contribution in [0.2, 0.25) is 0 Å². The summed E-state index contributed by atoms with van der Waals surface area (Å²) in [5, 5.41) is 0. The maximum atomic E-state index is 13.1. The van der Waals surface area contributed by atoms with Gasteiger partial charge in [0, 0.05) is 11.1 Å². The molecule has 0 aliphatic carbocycles. The smallest absolute Gasteiger partial charge is 0.259 e. The van der Waals surface area contributed by atoms with Crippen molar-refractivity contribution in [3.63, 3.8) is 0 Å². The second-order valence-electron chi connectivity index (χ2n) is 6.15. The van der Waals surface area contributed by atoms with E-state index in [1.54, 1.807) is 4.90 Å². The number of hydrogen-bond donors (Lipinski definition) is 0. The maximum Gasteiger partial charge on any atom is 0.259 e. The van der Waals surface area contributed by atoms with E-state index >= 15 is 0 Å². The number of allylic oxidation sites excluding steroid dienone is 1. The summed E-state index contributed by atoms with van der Waals surface area (Å²) in [5.74, 6) is -0.466. The lowest BCUT2D eigenvalue weighted by Gasteiger charge is -2.41. The van der Waals surface area contributed by atoms with E-state index in [9.17, 15) is 9.18 Å². The fraction of sp³-hybridized carbons (Fsp3) is 0.211. The largest absolute Gasteiger partial charge is 0.299 e. The molecule has 0 saturated carbocycles. The Balaban J connectivity index is 2.12. The summed E-state index contributed by atoms with van der Waals surface area (Å²) in [5.41, 5.74) is 3.14. The van der Waals surface area contributed by atoms with Crippen molar-refractivity contribution in [3.05, 3.63) is 71.6 Å². The Morgan fingerprint density at radius 3 is 2.36 bits per heavy atom. The lowest BCUT2D eigenvalue weighted by Crippen LogP contribution is -2.49. The Bertz CT molecular complexity index is 759. The minimum absolute atomic E-state index is 0.124. The third kappa shape index (κ3) is 2.33. The van der Waals surface area contributed by atoms with Crippen LogP contribution in [0.5, 0.6) is 0 Å². The molecule has 22 heavy (non-hydrogen) atoms. The van der Waals surface area contributed by atoms with Crippen LogP contribution in [0, 0.1) is 5.82 Å². The summed E-state index contributed by atoms with van der Waals surface area (Å²) in [6.07, 6.45) is 2.09. The Kier molecular flexibility index (Phi) is 3.36. The number of carbonyl (C=O) groups excluding carboxylic acids is 1. The molecule has 0 spiro atoms. The van der Waals surface area contributed by atoms with Gasteiger partial charge in [0.05, 0.1) is 11.2 Å². The van der Waals surface area contributed by atoms with Crippen LogP contribution in [0.3, 0.4) is 0 Å². The van der Waals surface area contributed by atoms with Crippen molar-refractivity contribution >= 4 is 17.2 Å². The third-order valence-electron chi connectivity index (χ3n) is 4.01. The van der Waals surface area contributed by atoms with Gasteiger partial charge in [-0.3, -0.25) is 9.69 Å². The van der Waals surface area contributed by atoms with Gasteiger partial charge in [-0.1, -0.05) is 24.3 Å². The fourth-order valence-corrected chi connectivity index (χ4v) is 3.08. The van der Waals surface area contributed by atoms with E-state index in [0.717, 1.165) is 16.8 Å². The van der Waals surface area contributed by atoms with E-state index in [0.29, 0.717) is 5.56 Å². The second kappa shape index (κ2) is 5.09. The average Bonchev–Trinajstić information content (AvgIpc) is 2.47. The van der Waals surface area contributed by atoms with Gasteiger partial charge >= 0.3 is 0 Å². The zero-order chi connectivity index (χ0) is 15.9. The van der Waals surface area contributed by atoms with Crippen LogP contribution in [-0.4, -0.2) is 11.4 Å². The molecule has 0 unspecified atom stereocenters. The van der Waals surface area contributed by atoms with Crippen LogP contribution in [0.1, 0.15) is 36.7 Å². The van der Waals surface area contributed by atoms with E-state index in [1.807, 2.05) is 38.1 Å². The van der Waals surface area contributed by atoms with Crippen LogP contribution in [-0.2, 0) is 0 Å². The lowest BCUT2D eigenvalue weighted by atomic mass is 9.88. The summed E-state index contributed by atoms with van der Waals surface area (Å²) < 4.78 is 13.1. The minimum atomic E-state index is -0.441. The highest BCUT2D eigenvalue weighted by Gasteiger charge is 2.35. The minimum Gasteiger partial charge on any atom is -0.299 e. The summed E-state index contributed by atoms with van der Waals surface area (Å²) >= 11 is 0. The van der Waals surface area contributed by atoms with Gasteiger partial charge in [0.15, 0.2) is 0 Å². The fourth-order valence-electron chi connectivity index (χ4n) is 3.08. The molecular weight excluding hydrogens is 277 g/mol. The van der Waals surface area contributed by atoms with Crippen molar-refractivity contribution in [3.8, 4) is 0 Å². The Hall–Kier alpha value is -2.42. The number of amides is 1. The van der Waals surface area contributed by atoms with Crippen LogP contribution in [0.4, 0.5) is 10.1 Å². The molecule has 0 N–H and O–H groups in total. The quantitative estimate of drug-likeness (QED) is 0.748. The highest BCUT2D eigenvalue weighted by molar-refractivity contribution is 6.09. The molecule has 1 heterocycles. The van der Waals surface area contributed by atoms with Gasteiger partial charge < -0.3 is 0 Å². The SMILES string of the molecule is CC1=CC(C)(C)N(C(=O)c2ccc(F)cc2)c2ccccc21. The van der Waals surface area contributed by atoms with Crippen molar-refractivity contribution in [2.75, 3.05) is 4.90 Å². The first-order valence-electron chi connectivity index (χ1n) is 7.29. The molecule has 1 aliphatic heterocycles. The van der Waals surface area contributed by atoms with Gasteiger partial charge in [0.2, 0.25) is 0 Å². The number of hydrogen-bond acceptors (Lipinski definition) is 1. The van der Waals surface area contributed by atoms with Crippen molar-refractivity contribution < 1.29 is 9.18 Å². The van der Waals surface area contributed by atoms with E-state index < -0.39 is 5.54 Å². The molecule has 0 saturated heterocycles. The highest BCUT2D eigenvalue weighted by Crippen LogP contribution is 2.39. The van der Waals surface area contributed by atoms with E-state index in [4.69, 9.17) is 0 Å². The highest BCUT2D eigenvalue weighted by atomic mass is 19.1. The van der Waals surface area contributed by atoms with Crippen LogP contribution in [0.25, 0.3) is 5.57 Å². The molecular formula is C19H18FNO. The monoisotopic (exact) mass is 295 g/mol. The Morgan fingerprint density at radius 1 is 1.05 bits per heavy atom.